The van der Waals surface area contributed by atoms with Crippen LogP contribution in [0.3, 0.4) is 0 Å². The van der Waals surface area contributed by atoms with Crippen molar-refractivity contribution in [3.8, 4) is 11.5 Å². The number of sulfonamides is 1. The van der Waals surface area contributed by atoms with Gasteiger partial charge in [0.1, 0.15) is 11.5 Å². The summed E-state index contributed by atoms with van der Waals surface area (Å²) >= 11 is 0. The lowest BCUT2D eigenvalue weighted by molar-refractivity contribution is -0.117. The normalized spacial score (nSPS) is 15.4. The van der Waals surface area contributed by atoms with Crippen molar-refractivity contribution in [3.63, 3.8) is 0 Å². The van der Waals surface area contributed by atoms with E-state index in [1.54, 1.807) is 36.4 Å². The maximum absolute atomic E-state index is 12.9. The molecule has 31 heavy (non-hydrogen) atoms. The van der Waals surface area contributed by atoms with Crippen LogP contribution in [0, 0.1) is 0 Å². The van der Waals surface area contributed by atoms with E-state index in [4.69, 9.17) is 9.47 Å². The standard InChI is InChI=1S/C22H29N3O5S/c1-3-29-19-7-5-18(6-8-19)23-22(26)17-24-13-15-25(16-14-24)31(27,28)21-11-9-20(10-12-21)30-4-2/h5-12H,3-4,13-17H2,1-2H3,(H,23,26). The van der Waals surface area contributed by atoms with Gasteiger partial charge in [0.2, 0.25) is 15.9 Å². The second kappa shape index (κ2) is 10.6. The van der Waals surface area contributed by atoms with E-state index in [0.29, 0.717) is 50.8 Å². The highest BCUT2D eigenvalue weighted by molar-refractivity contribution is 7.89. The number of hydrogen-bond donors (Lipinski definition) is 1. The van der Waals surface area contributed by atoms with Gasteiger partial charge in [-0.15, -0.1) is 0 Å². The third-order valence-corrected chi connectivity index (χ3v) is 6.83. The van der Waals surface area contributed by atoms with Crippen molar-refractivity contribution in [2.75, 3.05) is 51.3 Å². The average molecular weight is 448 g/mol. The van der Waals surface area contributed by atoms with Crippen LogP contribution in [0.25, 0.3) is 0 Å². The molecule has 0 unspecified atom stereocenters. The molecule has 0 bridgehead atoms. The maximum Gasteiger partial charge on any atom is 0.243 e. The van der Waals surface area contributed by atoms with Gasteiger partial charge >= 0.3 is 0 Å². The first kappa shape index (κ1) is 23.1. The summed E-state index contributed by atoms with van der Waals surface area (Å²) in [6, 6.07) is 13.7. The van der Waals surface area contributed by atoms with Crippen LogP contribution in [0.5, 0.6) is 11.5 Å². The van der Waals surface area contributed by atoms with E-state index in [1.165, 1.54) is 4.31 Å². The summed E-state index contributed by atoms with van der Waals surface area (Å²) in [6.45, 7) is 6.79. The quantitative estimate of drug-likeness (QED) is 0.635. The van der Waals surface area contributed by atoms with Crippen molar-refractivity contribution in [3.05, 3.63) is 48.5 Å². The Balaban J connectivity index is 1.49. The van der Waals surface area contributed by atoms with Crippen LogP contribution in [0.15, 0.2) is 53.4 Å². The molecule has 0 spiro atoms. The molecule has 1 saturated heterocycles. The number of nitrogens with zero attached hydrogens (tertiary/aromatic N) is 2. The van der Waals surface area contributed by atoms with Gasteiger partial charge in [-0.1, -0.05) is 0 Å². The largest absolute Gasteiger partial charge is 0.494 e. The predicted molar refractivity (Wildman–Crippen MR) is 119 cm³/mol. The van der Waals surface area contributed by atoms with Crippen LogP contribution in [-0.2, 0) is 14.8 Å². The molecule has 0 aliphatic carbocycles. The molecule has 2 aromatic rings. The average Bonchev–Trinajstić information content (AvgIpc) is 2.76. The summed E-state index contributed by atoms with van der Waals surface area (Å²) in [5.41, 5.74) is 0.699. The zero-order chi connectivity index (χ0) is 22.3. The molecule has 8 nitrogen and oxygen atoms in total. The van der Waals surface area contributed by atoms with E-state index in [2.05, 4.69) is 5.32 Å². The molecule has 2 aromatic carbocycles. The number of rotatable bonds is 9. The molecule has 168 valence electrons. The van der Waals surface area contributed by atoms with Gasteiger partial charge in [0.15, 0.2) is 0 Å². The van der Waals surface area contributed by atoms with Crippen molar-refractivity contribution < 1.29 is 22.7 Å². The Morgan fingerprint density at radius 2 is 1.39 bits per heavy atom. The molecular weight excluding hydrogens is 418 g/mol. The Labute approximate surface area is 183 Å². The highest BCUT2D eigenvalue weighted by atomic mass is 32.2. The molecule has 1 aliphatic rings. The molecule has 1 aliphatic heterocycles. The lowest BCUT2D eigenvalue weighted by atomic mass is 10.3. The number of ether oxygens (including phenoxy) is 2. The highest BCUT2D eigenvalue weighted by Gasteiger charge is 2.29. The predicted octanol–water partition coefficient (Wildman–Crippen LogP) is 2.43. The molecule has 1 N–H and O–H groups in total. The van der Waals surface area contributed by atoms with E-state index in [-0.39, 0.29) is 17.3 Å². The number of carbonyl (C=O) groups excluding carboxylic acids is 1. The Hall–Kier alpha value is -2.62. The van der Waals surface area contributed by atoms with E-state index in [1.807, 2.05) is 30.9 Å². The fraction of sp³-hybridized carbons (Fsp3) is 0.409. The van der Waals surface area contributed by atoms with Gasteiger partial charge in [-0.2, -0.15) is 4.31 Å². The van der Waals surface area contributed by atoms with Crippen LogP contribution in [0.4, 0.5) is 5.69 Å². The fourth-order valence-corrected chi connectivity index (χ4v) is 4.78. The molecule has 1 fully saturated rings. The minimum atomic E-state index is -3.56. The number of carbonyl (C=O) groups is 1. The highest BCUT2D eigenvalue weighted by Crippen LogP contribution is 2.21. The van der Waals surface area contributed by atoms with Gasteiger partial charge in [0, 0.05) is 31.9 Å². The molecular formula is C22H29N3O5S. The number of benzene rings is 2. The van der Waals surface area contributed by atoms with Crippen molar-refractivity contribution in [2.45, 2.75) is 18.7 Å². The Bertz CT molecular complexity index is 954. The maximum atomic E-state index is 12.9. The van der Waals surface area contributed by atoms with E-state index >= 15 is 0 Å². The Morgan fingerprint density at radius 3 is 1.90 bits per heavy atom. The number of hydrogen-bond acceptors (Lipinski definition) is 6. The lowest BCUT2D eigenvalue weighted by Crippen LogP contribution is -2.50. The second-order valence-corrected chi connectivity index (χ2v) is 9.03. The first-order valence-corrected chi connectivity index (χ1v) is 11.8. The number of nitrogens with one attached hydrogen (secondary N) is 1. The summed E-state index contributed by atoms with van der Waals surface area (Å²) in [5, 5.41) is 2.86. The lowest BCUT2D eigenvalue weighted by Gasteiger charge is -2.33. The van der Waals surface area contributed by atoms with Crippen LogP contribution in [-0.4, -0.2) is 69.5 Å². The number of amides is 1. The molecule has 0 saturated carbocycles. The third-order valence-electron chi connectivity index (χ3n) is 4.92. The smallest absolute Gasteiger partial charge is 0.243 e. The van der Waals surface area contributed by atoms with Gasteiger partial charge in [-0.3, -0.25) is 9.69 Å². The zero-order valence-electron chi connectivity index (χ0n) is 17.9. The summed E-state index contributed by atoms with van der Waals surface area (Å²) in [5.74, 6) is 1.27. The molecule has 9 heteroatoms. The summed E-state index contributed by atoms with van der Waals surface area (Å²) in [4.78, 5) is 14.5. The molecule has 1 amide bonds. The molecule has 0 aromatic heterocycles. The van der Waals surface area contributed by atoms with Crippen molar-refractivity contribution in [2.24, 2.45) is 0 Å². The molecule has 0 atom stereocenters. The summed E-state index contributed by atoms with van der Waals surface area (Å²) in [7, 11) is -3.56. The minimum Gasteiger partial charge on any atom is -0.494 e. The third kappa shape index (κ3) is 6.19. The van der Waals surface area contributed by atoms with Crippen molar-refractivity contribution >= 4 is 21.6 Å². The SMILES string of the molecule is CCOc1ccc(NC(=O)CN2CCN(S(=O)(=O)c3ccc(OCC)cc3)CC2)cc1. The first-order chi connectivity index (χ1) is 14.9. The number of piperazine rings is 1. The summed E-state index contributed by atoms with van der Waals surface area (Å²) < 4.78 is 38.0. The van der Waals surface area contributed by atoms with E-state index < -0.39 is 10.0 Å². The van der Waals surface area contributed by atoms with Crippen molar-refractivity contribution in [1.29, 1.82) is 0 Å². The van der Waals surface area contributed by atoms with Crippen LogP contribution < -0.4 is 14.8 Å². The van der Waals surface area contributed by atoms with E-state index in [9.17, 15) is 13.2 Å². The van der Waals surface area contributed by atoms with Gasteiger partial charge in [0.05, 0.1) is 24.7 Å². The molecule has 3 rings (SSSR count). The first-order valence-electron chi connectivity index (χ1n) is 10.4. The van der Waals surface area contributed by atoms with Crippen molar-refractivity contribution in [1.82, 2.24) is 9.21 Å². The second-order valence-electron chi connectivity index (χ2n) is 7.09. The fourth-order valence-electron chi connectivity index (χ4n) is 3.36. The molecule has 0 radical (unpaired) electrons. The van der Waals surface area contributed by atoms with E-state index in [0.717, 1.165) is 5.75 Å². The van der Waals surface area contributed by atoms with Crippen LogP contribution in [0.1, 0.15) is 13.8 Å². The minimum absolute atomic E-state index is 0.132. The topological polar surface area (TPSA) is 88.2 Å². The van der Waals surface area contributed by atoms with Crippen LogP contribution >= 0.6 is 0 Å². The Kier molecular flexibility index (Phi) is 7.89. The van der Waals surface area contributed by atoms with Gasteiger partial charge in [-0.25, -0.2) is 8.42 Å². The van der Waals surface area contributed by atoms with Gasteiger partial charge in [-0.05, 0) is 62.4 Å². The van der Waals surface area contributed by atoms with Gasteiger partial charge in [0.25, 0.3) is 0 Å². The number of anilines is 1. The van der Waals surface area contributed by atoms with Crippen LogP contribution in [0.2, 0.25) is 0 Å². The van der Waals surface area contributed by atoms with Gasteiger partial charge < -0.3 is 14.8 Å². The zero-order valence-corrected chi connectivity index (χ0v) is 18.7. The monoisotopic (exact) mass is 447 g/mol. The molecule has 1 heterocycles. The summed E-state index contributed by atoms with van der Waals surface area (Å²) in [6.07, 6.45) is 0. The Morgan fingerprint density at radius 1 is 0.871 bits per heavy atom.